The van der Waals surface area contributed by atoms with Crippen molar-refractivity contribution >= 4 is 29.4 Å². The van der Waals surface area contributed by atoms with Gasteiger partial charge in [0.2, 0.25) is 0 Å². The average Bonchev–Trinajstić information content (AvgIpc) is 2.59. The maximum atomic E-state index is 12.3. The number of thioether (sulfide) groups is 1. The summed E-state index contributed by atoms with van der Waals surface area (Å²) in [5, 5.41) is 8.10. The van der Waals surface area contributed by atoms with Crippen LogP contribution in [0.15, 0.2) is 53.4 Å². The van der Waals surface area contributed by atoms with Crippen molar-refractivity contribution < 1.29 is 22.8 Å². The summed E-state index contributed by atoms with van der Waals surface area (Å²) < 4.78 is 37.0. The standard InChI is InChI=1S/C19H20F3N3O2S/c1-12(2)24-18(27)25-15-7-3-13(4-8-15)11-23-17(26)14-5-9-16(10-6-14)28-19(20,21)22/h3-10,12H,11H2,1-2H3,(H,23,26)(H2,24,25,27). The van der Waals surface area contributed by atoms with Gasteiger partial charge in [-0.05, 0) is 67.6 Å². The molecule has 0 heterocycles. The summed E-state index contributed by atoms with van der Waals surface area (Å²) in [5.74, 6) is -0.387. The van der Waals surface area contributed by atoms with Crippen LogP contribution in [0.1, 0.15) is 29.8 Å². The molecule has 5 nitrogen and oxygen atoms in total. The summed E-state index contributed by atoms with van der Waals surface area (Å²) in [6.07, 6.45) is 0. The Morgan fingerprint density at radius 3 is 2.14 bits per heavy atom. The highest BCUT2D eigenvalue weighted by Gasteiger charge is 2.29. The van der Waals surface area contributed by atoms with Gasteiger partial charge in [-0.25, -0.2) is 4.79 Å². The van der Waals surface area contributed by atoms with Gasteiger partial charge in [0.15, 0.2) is 0 Å². The molecule has 2 rings (SSSR count). The Bertz CT molecular complexity index is 807. The van der Waals surface area contributed by atoms with Crippen LogP contribution in [0.25, 0.3) is 0 Å². The van der Waals surface area contributed by atoms with E-state index in [1.165, 1.54) is 24.3 Å². The van der Waals surface area contributed by atoms with Crippen LogP contribution < -0.4 is 16.0 Å². The van der Waals surface area contributed by atoms with E-state index >= 15 is 0 Å². The summed E-state index contributed by atoms with van der Waals surface area (Å²) in [7, 11) is 0. The highest BCUT2D eigenvalue weighted by atomic mass is 32.2. The van der Waals surface area contributed by atoms with Crippen molar-refractivity contribution in [2.24, 2.45) is 0 Å². The molecule has 150 valence electrons. The Balaban J connectivity index is 1.86. The summed E-state index contributed by atoms with van der Waals surface area (Å²) in [4.78, 5) is 23.8. The van der Waals surface area contributed by atoms with Gasteiger partial charge in [-0.15, -0.1) is 0 Å². The van der Waals surface area contributed by atoms with Crippen LogP contribution in [0, 0.1) is 0 Å². The number of anilines is 1. The third-order valence-electron chi connectivity index (χ3n) is 3.43. The molecule has 0 atom stereocenters. The van der Waals surface area contributed by atoms with Gasteiger partial charge in [-0.3, -0.25) is 4.79 Å². The Hall–Kier alpha value is -2.68. The molecule has 0 aliphatic heterocycles. The number of urea groups is 1. The van der Waals surface area contributed by atoms with Crippen LogP contribution in [0.5, 0.6) is 0 Å². The van der Waals surface area contributed by atoms with E-state index in [2.05, 4.69) is 16.0 Å². The first kappa shape index (κ1) is 21.6. The number of alkyl halides is 3. The predicted octanol–water partition coefficient (Wildman–Crippen LogP) is 4.76. The second-order valence-electron chi connectivity index (χ2n) is 6.20. The van der Waals surface area contributed by atoms with Crippen LogP contribution in [0.2, 0.25) is 0 Å². The lowest BCUT2D eigenvalue weighted by Crippen LogP contribution is -2.34. The lowest BCUT2D eigenvalue weighted by molar-refractivity contribution is -0.0328. The lowest BCUT2D eigenvalue weighted by Gasteiger charge is -2.11. The van der Waals surface area contributed by atoms with E-state index in [4.69, 9.17) is 0 Å². The minimum absolute atomic E-state index is 0.0219. The molecular formula is C19H20F3N3O2S. The summed E-state index contributed by atoms with van der Waals surface area (Å²) in [6.45, 7) is 3.96. The number of carbonyl (C=O) groups excluding carboxylic acids is 2. The highest BCUT2D eigenvalue weighted by Crippen LogP contribution is 2.36. The first-order chi connectivity index (χ1) is 13.1. The molecule has 9 heteroatoms. The van der Waals surface area contributed by atoms with E-state index in [9.17, 15) is 22.8 Å². The highest BCUT2D eigenvalue weighted by molar-refractivity contribution is 8.00. The fourth-order valence-corrected chi connectivity index (χ4v) is 2.77. The fraction of sp³-hybridized carbons (Fsp3) is 0.263. The third kappa shape index (κ3) is 7.51. The molecule has 0 fully saturated rings. The van der Waals surface area contributed by atoms with E-state index < -0.39 is 5.51 Å². The van der Waals surface area contributed by atoms with Gasteiger partial charge in [-0.2, -0.15) is 13.2 Å². The number of hydrogen-bond acceptors (Lipinski definition) is 3. The zero-order valence-corrected chi connectivity index (χ0v) is 16.1. The van der Waals surface area contributed by atoms with E-state index in [-0.39, 0.29) is 46.7 Å². The topological polar surface area (TPSA) is 70.2 Å². The first-order valence-electron chi connectivity index (χ1n) is 8.43. The minimum Gasteiger partial charge on any atom is -0.348 e. The van der Waals surface area contributed by atoms with Crippen molar-refractivity contribution in [3.05, 3.63) is 59.7 Å². The van der Waals surface area contributed by atoms with Crippen molar-refractivity contribution in [2.75, 3.05) is 5.32 Å². The Labute approximate surface area is 165 Å². The smallest absolute Gasteiger partial charge is 0.348 e. The van der Waals surface area contributed by atoms with Crippen molar-refractivity contribution in [1.29, 1.82) is 0 Å². The number of halogens is 3. The SMILES string of the molecule is CC(C)NC(=O)Nc1ccc(CNC(=O)c2ccc(SC(F)(F)F)cc2)cc1. The number of hydrogen-bond donors (Lipinski definition) is 3. The number of nitrogens with one attached hydrogen (secondary N) is 3. The molecule has 0 aromatic heterocycles. The summed E-state index contributed by atoms with van der Waals surface area (Å²) >= 11 is -0.226. The summed E-state index contributed by atoms with van der Waals surface area (Å²) in [5.41, 5.74) is -2.66. The van der Waals surface area contributed by atoms with E-state index in [0.717, 1.165) is 5.56 Å². The van der Waals surface area contributed by atoms with Crippen LogP contribution in [0.4, 0.5) is 23.7 Å². The molecule has 2 aromatic carbocycles. The van der Waals surface area contributed by atoms with Crippen LogP contribution in [-0.4, -0.2) is 23.5 Å². The van der Waals surface area contributed by atoms with Crippen molar-refractivity contribution in [2.45, 2.75) is 36.8 Å². The van der Waals surface area contributed by atoms with Gasteiger partial charge < -0.3 is 16.0 Å². The minimum atomic E-state index is -4.36. The molecule has 3 amide bonds. The van der Waals surface area contributed by atoms with Gasteiger partial charge in [0, 0.05) is 28.7 Å². The number of amides is 3. The Kier molecular flexibility index (Phi) is 7.33. The second-order valence-corrected chi connectivity index (χ2v) is 7.34. The first-order valence-corrected chi connectivity index (χ1v) is 9.24. The van der Waals surface area contributed by atoms with Gasteiger partial charge >= 0.3 is 11.5 Å². The second kappa shape index (κ2) is 9.50. The molecule has 0 saturated carbocycles. The maximum absolute atomic E-state index is 12.3. The normalized spacial score (nSPS) is 11.2. The van der Waals surface area contributed by atoms with Crippen molar-refractivity contribution in [1.82, 2.24) is 10.6 Å². The predicted molar refractivity (Wildman–Crippen MR) is 103 cm³/mol. The van der Waals surface area contributed by atoms with Gasteiger partial charge in [0.1, 0.15) is 0 Å². The number of benzene rings is 2. The van der Waals surface area contributed by atoms with Gasteiger partial charge in [0.05, 0.1) is 0 Å². The maximum Gasteiger partial charge on any atom is 0.446 e. The van der Waals surface area contributed by atoms with Crippen molar-refractivity contribution in [3.63, 3.8) is 0 Å². The Morgan fingerprint density at radius 2 is 1.61 bits per heavy atom. The molecule has 28 heavy (non-hydrogen) atoms. The molecule has 2 aromatic rings. The fourth-order valence-electron chi connectivity index (χ4n) is 2.23. The molecule has 0 unspecified atom stereocenters. The molecule has 0 saturated heterocycles. The quantitative estimate of drug-likeness (QED) is 0.601. The monoisotopic (exact) mass is 411 g/mol. The average molecular weight is 411 g/mol. The molecule has 0 bridgehead atoms. The van der Waals surface area contributed by atoms with E-state index in [1.54, 1.807) is 24.3 Å². The molecule has 3 N–H and O–H groups in total. The van der Waals surface area contributed by atoms with Crippen molar-refractivity contribution in [3.8, 4) is 0 Å². The van der Waals surface area contributed by atoms with Gasteiger partial charge in [0.25, 0.3) is 5.91 Å². The summed E-state index contributed by atoms with van der Waals surface area (Å²) in [6, 6.07) is 11.9. The molecule has 0 aliphatic carbocycles. The van der Waals surface area contributed by atoms with Crippen LogP contribution in [0.3, 0.4) is 0 Å². The van der Waals surface area contributed by atoms with Crippen LogP contribution in [-0.2, 0) is 6.54 Å². The van der Waals surface area contributed by atoms with E-state index in [1.807, 2.05) is 13.8 Å². The molecule has 0 spiro atoms. The molecular weight excluding hydrogens is 391 g/mol. The largest absolute Gasteiger partial charge is 0.446 e. The van der Waals surface area contributed by atoms with Gasteiger partial charge in [-0.1, -0.05) is 12.1 Å². The lowest BCUT2D eigenvalue weighted by atomic mass is 10.2. The number of carbonyl (C=O) groups is 2. The Morgan fingerprint density at radius 1 is 1.00 bits per heavy atom. The third-order valence-corrected chi connectivity index (χ3v) is 4.17. The zero-order chi connectivity index (χ0) is 20.7. The van der Waals surface area contributed by atoms with E-state index in [0.29, 0.717) is 5.69 Å². The number of rotatable bonds is 6. The zero-order valence-electron chi connectivity index (χ0n) is 15.3. The molecule has 0 radical (unpaired) electrons. The van der Waals surface area contributed by atoms with Crippen LogP contribution >= 0.6 is 11.8 Å². The molecule has 0 aliphatic rings.